The highest BCUT2D eigenvalue weighted by molar-refractivity contribution is 5.81. The topological polar surface area (TPSA) is 99.3 Å². The van der Waals surface area contributed by atoms with Crippen LogP contribution in [0.25, 0.3) is 5.70 Å². The predicted molar refractivity (Wildman–Crippen MR) is 80.5 cm³/mol. The van der Waals surface area contributed by atoms with Gasteiger partial charge in [-0.15, -0.1) is 0 Å². The second-order valence-corrected chi connectivity index (χ2v) is 5.16. The van der Waals surface area contributed by atoms with Gasteiger partial charge in [-0.05, 0) is 12.8 Å². The number of allylic oxidation sites excluding steroid dienone is 1. The Hall–Kier alpha value is -2.88. The Morgan fingerprint density at radius 1 is 1.59 bits per heavy atom. The highest BCUT2D eigenvalue weighted by Gasteiger charge is 2.24. The third kappa shape index (κ3) is 4.06. The maximum Gasteiger partial charge on any atom is 0.270 e. The van der Waals surface area contributed by atoms with Crippen molar-refractivity contribution in [1.29, 1.82) is 5.26 Å². The second kappa shape index (κ2) is 6.72. The Labute approximate surface area is 128 Å². The predicted octanol–water partition coefficient (Wildman–Crippen LogP) is 1.67. The summed E-state index contributed by atoms with van der Waals surface area (Å²) in [5, 5.41) is 22.6. The number of non-ortho nitro benzene ring substituents is 1. The first kappa shape index (κ1) is 15.5. The molecule has 0 radical (unpaired) electrons. The fourth-order valence-corrected chi connectivity index (χ4v) is 2.06. The average molecular weight is 300 g/mol. The largest absolute Gasteiger partial charge is 0.364 e. The Bertz CT molecular complexity index is 659. The van der Waals surface area contributed by atoms with Gasteiger partial charge in [-0.25, -0.2) is 0 Å². The van der Waals surface area contributed by atoms with Crippen molar-refractivity contribution in [2.24, 2.45) is 0 Å². The molecule has 1 aliphatic rings. The third-order valence-corrected chi connectivity index (χ3v) is 3.29. The van der Waals surface area contributed by atoms with Gasteiger partial charge in [0.1, 0.15) is 0 Å². The molecule has 0 bridgehead atoms. The van der Waals surface area contributed by atoms with E-state index in [1.807, 2.05) is 6.07 Å². The molecule has 1 N–H and O–H groups in total. The van der Waals surface area contributed by atoms with E-state index in [0.29, 0.717) is 11.3 Å². The van der Waals surface area contributed by atoms with Crippen molar-refractivity contribution in [3.05, 3.63) is 46.0 Å². The molecule has 2 rings (SSSR count). The molecular weight excluding hydrogens is 284 g/mol. The fraction of sp³-hybridized carbons (Fsp3) is 0.333. The van der Waals surface area contributed by atoms with Crippen molar-refractivity contribution in [1.82, 2.24) is 10.2 Å². The quantitative estimate of drug-likeness (QED) is 0.489. The van der Waals surface area contributed by atoms with Gasteiger partial charge in [0.25, 0.3) is 5.69 Å². The number of hydrogen-bond donors (Lipinski definition) is 1. The molecule has 1 amide bonds. The number of benzene rings is 1. The van der Waals surface area contributed by atoms with Crippen LogP contribution in [0.1, 0.15) is 18.4 Å². The fourth-order valence-electron chi connectivity index (χ4n) is 2.06. The average Bonchev–Trinajstić information content (AvgIpc) is 3.28. The van der Waals surface area contributed by atoms with Gasteiger partial charge in [0.2, 0.25) is 5.91 Å². The molecule has 1 aromatic carbocycles. The number of amides is 1. The van der Waals surface area contributed by atoms with Gasteiger partial charge >= 0.3 is 0 Å². The first-order valence-electron chi connectivity index (χ1n) is 6.86. The molecule has 7 nitrogen and oxygen atoms in total. The van der Waals surface area contributed by atoms with Gasteiger partial charge in [-0.1, -0.05) is 12.1 Å². The van der Waals surface area contributed by atoms with Gasteiger partial charge in [-0.2, -0.15) is 5.26 Å². The van der Waals surface area contributed by atoms with Crippen LogP contribution in [-0.2, 0) is 4.79 Å². The Morgan fingerprint density at radius 3 is 2.91 bits per heavy atom. The molecule has 0 spiro atoms. The van der Waals surface area contributed by atoms with Crippen LogP contribution in [-0.4, -0.2) is 35.4 Å². The van der Waals surface area contributed by atoms with Crippen LogP contribution < -0.4 is 5.32 Å². The summed E-state index contributed by atoms with van der Waals surface area (Å²) in [5.41, 5.74) is 0.937. The Morgan fingerprint density at radius 2 is 2.32 bits per heavy atom. The van der Waals surface area contributed by atoms with E-state index in [2.05, 4.69) is 5.32 Å². The van der Waals surface area contributed by atoms with Gasteiger partial charge < -0.3 is 10.2 Å². The van der Waals surface area contributed by atoms with Gasteiger partial charge in [0, 0.05) is 36.9 Å². The minimum absolute atomic E-state index is 0.0582. The molecule has 1 aliphatic carbocycles. The molecule has 7 heteroatoms. The van der Waals surface area contributed by atoms with E-state index in [1.165, 1.54) is 18.2 Å². The normalized spacial score (nSPS) is 14.1. The summed E-state index contributed by atoms with van der Waals surface area (Å²) in [6.45, 7) is 0.0900. The lowest BCUT2D eigenvalue weighted by molar-refractivity contribution is -0.384. The molecule has 1 fully saturated rings. The molecule has 0 heterocycles. The summed E-state index contributed by atoms with van der Waals surface area (Å²) < 4.78 is 0. The number of nitro benzene ring substituents is 1. The molecule has 114 valence electrons. The van der Waals surface area contributed by atoms with Crippen LogP contribution in [0.15, 0.2) is 30.3 Å². The summed E-state index contributed by atoms with van der Waals surface area (Å²) in [6, 6.07) is 8.18. The van der Waals surface area contributed by atoms with Crippen LogP contribution in [0.2, 0.25) is 0 Å². The van der Waals surface area contributed by atoms with Crippen LogP contribution in [0, 0.1) is 21.4 Å². The number of nitrogens with one attached hydrogen (secondary N) is 1. The zero-order valence-electron chi connectivity index (χ0n) is 12.2. The first-order valence-corrected chi connectivity index (χ1v) is 6.86. The van der Waals surface area contributed by atoms with E-state index in [0.717, 1.165) is 12.8 Å². The summed E-state index contributed by atoms with van der Waals surface area (Å²) in [7, 11) is 1.68. The van der Waals surface area contributed by atoms with E-state index in [-0.39, 0.29) is 24.2 Å². The standard InChI is InChI=1S/C15H16N4O3/c1-18(10-15(20)17-12-5-6-12)14(7-8-16)11-3-2-4-13(9-11)19(21)22/h2-4,7,9,12H,5-6,10H2,1H3,(H,17,20)/b14-7+. The lowest BCUT2D eigenvalue weighted by atomic mass is 10.1. The monoisotopic (exact) mass is 300 g/mol. The van der Waals surface area contributed by atoms with E-state index >= 15 is 0 Å². The number of likely N-dealkylation sites (N-methyl/N-ethyl adjacent to an activating group) is 1. The van der Waals surface area contributed by atoms with E-state index < -0.39 is 4.92 Å². The Balaban J connectivity index is 2.16. The van der Waals surface area contributed by atoms with Crippen molar-refractivity contribution in [2.45, 2.75) is 18.9 Å². The number of nitrogens with zero attached hydrogens (tertiary/aromatic N) is 3. The van der Waals surface area contributed by atoms with Crippen molar-refractivity contribution < 1.29 is 9.72 Å². The van der Waals surface area contributed by atoms with Crippen molar-refractivity contribution in [3.8, 4) is 6.07 Å². The van der Waals surface area contributed by atoms with E-state index in [1.54, 1.807) is 24.1 Å². The number of nitriles is 1. The zero-order valence-corrected chi connectivity index (χ0v) is 12.2. The maximum atomic E-state index is 11.8. The maximum absolute atomic E-state index is 11.8. The minimum Gasteiger partial charge on any atom is -0.364 e. The summed E-state index contributed by atoms with van der Waals surface area (Å²) in [4.78, 5) is 23.8. The number of hydrogen-bond acceptors (Lipinski definition) is 5. The highest BCUT2D eigenvalue weighted by atomic mass is 16.6. The smallest absolute Gasteiger partial charge is 0.270 e. The number of carbonyl (C=O) groups excluding carboxylic acids is 1. The number of nitro groups is 1. The van der Waals surface area contributed by atoms with Crippen LogP contribution >= 0.6 is 0 Å². The van der Waals surface area contributed by atoms with Gasteiger partial charge in [0.15, 0.2) is 0 Å². The van der Waals surface area contributed by atoms with E-state index in [9.17, 15) is 14.9 Å². The minimum atomic E-state index is -0.493. The lowest BCUT2D eigenvalue weighted by Crippen LogP contribution is -2.35. The molecular formula is C15H16N4O3. The SMILES string of the molecule is CN(CC(=O)NC1CC1)/C(=C/C#N)c1cccc([N+](=O)[O-])c1. The molecule has 0 unspecified atom stereocenters. The Kier molecular flexibility index (Phi) is 4.73. The molecule has 0 saturated heterocycles. The van der Waals surface area contributed by atoms with Crippen LogP contribution in [0.4, 0.5) is 5.69 Å². The number of rotatable bonds is 6. The zero-order chi connectivity index (χ0) is 16.1. The summed E-state index contributed by atoms with van der Waals surface area (Å²) in [6.07, 6.45) is 3.28. The third-order valence-electron chi connectivity index (χ3n) is 3.29. The highest BCUT2D eigenvalue weighted by Crippen LogP contribution is 2.23. The lowest BCUT2D eigenvalue weighted by Gasteiger charge is -2.21. The molecule has 0 aliphatic heterocycles. The second-order valence-electron chi connectivity index (χ2n) is 5.16. The number of carbonyl (C=O) groups is 1. The van der Waals surface area contributed by atoms with E-state index in [4.69, 9.17) is 5.26 Å². The van der Waals surface area contributed by atoms with Crippen molar-refractivity contribution >= 4 is 17.3 Å². The summed E-state index contributed by atoms with van der Waals surface area (Å²) in [5.74, 6) is -0.126. The molecule has 1 saturated carbocycles. The van der Waals surface area contributed by atoms with Crippen LogP contribution in [0.3, 0.4) is 0 Å². The van der Waals surface area contributed by atoms with Crippen LogP contribution in [0.5, 0.6) is 0 Å². The first-order chi connectivity index (χ1) is 10.5. The van der Waals surface area contributed by atoms with Crippen molar-refractivity contribution in [3.63, 3.8) is 0 Å². The van der Waals surface area contributed by atoms with Gasteiger partial charge in [-0.3, -0.25) is 14.9 Å². The molecule has 22 heavy (non-hydrogen) atoms. The molecule has 0 aromatic heterocycles. The van der Waals surface area contributed by atoms with Crippen molar-refractivity contribution in [2.75, 3.05) is 13.6 Å². The summed E-state index contributed by atoms with van der Waals surface area (Å²) >= 11 is 0. The molecule has 0 atom stereocenters. The molecule has 1 aromatic rings. The van der Waals surface area contributed by atoms with Gasteiger partial charge in [0.05, 0.1) is 23.2 Å².